The highest BCUT2D eigenvalue weighted by atomic mass is 16.5. The van der Waals surface area contributed by atoms with Gasteiger partial charge in [0.1, 0.15) is 5.69 Å². The van der Waals surface area contributed by atoms with Crippen LogP contribution in [-0.2, 0) is 11.3 Å². The average molecular weight is 420 g/mol. The number of benzene rings is 2. The topological polar surface area (TPSA) is 96.8 Å². The van der Waals surface area contributed by atoms with Gasteiger partial charge in [-0.2, -0.15) is 4.98 Å². The fourth-order valence-corrected chi connectivity index (χ4v) is 3.46. The van der Waals surface area contributed by atoms with Crippen molar-refractivity contribution in [1.82, 2.24) is 20.3 Å². The fraction of sp³-hybridized carbons (Fsp3) is 0.261. The molecule has 0 atom stereocenters. The third-order valence-electron chi connectivity index (χ3n) is 5.19. The molecule has 0 saturated carbocycles. The van der Waals surface area contributed by atoms with Crippen LogP contribution in [0.1, 0.15) is 16.1 Å². The Morgan fingerprint density at radius 3 is 2.26 bits per heavy atom. The molecular formula is C23H24N4O4. The number of hydroxylamine groups is 1. The Hall–Kier alpha value is -3.33. The lowest BCUT2D eigenvalue weighted by atomic mass is 10.0. The molecule has 0 bridgehead atoms. The first-order valence-electron chi connectivity index (χ1n) is 10.0. The number of nitrogens with zero attached hydrogens (tertiary/aromatic N) is 3. The normalized spacial score (nSPS) is 14.3. The van der Waals surface area contributed by atoms with Crippen LogP contribution in [0.5, 0.6) is 5.88 Å². The maximum Gasteiger partial charge on any atom is 0.293 e. The summed E-state index contributed by atoms with van der Waals surface area (Å²) in [5.41, 5.74) is 5.79. The Bertz CT molecular complexity index is 1030. The van der Waals surface area contributed by atoms with Gasteiger partial charge in [-0.3, -0.25) is 14.9 Å². The van der Waals surface area contributed by atoms with Crippen molar-refractivity contribution in [1.29, 1.82) is 0 Å². The van der Waals surface area contributed by atoms with Gasteiger partial charge in [0.05, 0.1) is 20.3 Å². The Morgan fingerprint density at radius 1 is 1.03 bits per heavy atom. The van der Waals surface area contributed by atoms with Crippen LogP contribution in [0.25, 0.3) is 22.5 Å². The molecule has 1 saturated heterocycles. The lowest BCUT2D eigenvalue weighted by Gasteiger charge is -2.26. The van der Waals surface area contributed by atoms with Crippen LogP contribution in [0.4, 0.5) is 0 Å². The summed E-state index contributed by atoms with van der Waals surface area (Å²) in [4.78, 5) is 22.7. The number of aromatic nitrogens is 2. The fourth-order valence-electron chi connectivity index (χ4n) is 3.46. The Balaban J connectivity index is 1.51. The van der Waals surface area contributed by atoms with Crippen LogP contribution in [-0.4, -0.2) is 59.4 Å². The summed E-state index contributed by atoms with van der Waals surface area (Å²) in [6.45, 7) is 4.47. The van der Waals surface area contributed by atoms with Crippen LogP contribution < -0.4 is 10.2 Å². The number of hydrogen-bond donors (Lipinski definition) is 2. The minimum absolute atomic E-state index is 0.0179. The molecule has 1 aliphatic rings. The van der Waals surface area contributed by atoms with Gasteiger partial charge in [0, 0.05) is 31.3 Å². The van der Waals surface area contributed by atoms with Gasteiger partial charge in [-0.15, -0.1) is 0 Å². The highest BCUT2D eigenvalue weighted by Crippen LogP contribution is 2.25. The molecule has 2 N–H and O–H groups in total. The van der Waals surface area contributed by atoms with Crippen molar-refractivity contribution in [3.05, 3.63) is 65.9 Å². The second-order valence-electron chi connectivity index (χ2n) is 7.22. The van der Waals surface area contributed by atoms with Crippen molar-refractivity contribution in [3.8, 4) is 28.4 Å². The minimum Gasteiger partial charge on any atom is -0.481 e. The molecule has 4 rings (SSSR count). The zero-order valence-corrected chi connectivity index (χ0v) is 17.2. The molecular weight excluding hydrogens is 396 g/mol. The zero-order chi connectivity index (χ0) is 21.6. The number of carbonyl (C=O) groups is 1. The molecule has 2 aromatic carbocycles. The van der Waals surface area contributed by atoms with E-state index in [0.29, 0.717) is 5.82 Å². The molecule has 0 aliphatic carbocycles. The van der Waals surface area contributed by atoms with Gasteiger partial charge >= 0.3 is 0 Å². The highest BCUT2D eigenvalue weighted by molar-refractivity contribution is 5.92. The lowest BCUT2D eigenvalue weighted by Crippen LogP contribution is -2.35. The van der Waals surface area contributed by atoms with E-state index in [1.54, 1.807) is 5.48 Å². The molecule has 1 aliphatic heterocycles. The number of ether oxygens (including phenoxy) is 2. The molecule has 0 radical (unpaired) electrons. The van der Waals surface area contributed by atoms with Gasteiger partial charge in [-0.1, -0.05) is 48.5 Å². The van der Waals surface area contributed by atoms with Crippen LogP contribution >= 0.6 is 0 Å². The Labute approximate surface area is 180 Å². The van der Waals surface area contributed by atoms with E-state index >= 15 is 0 Å². The summed E-state index contributed by atoms with van der Waals surface area (Å²) in [7, 11) is 1.46. The molecule has 3 aromatic rings. The van der Waals surface area contributed by atoms with Crippen molar-refractivity contribution in [3.63, 3.8) is 0 Å². The van der Waals surface area contributed by atoms with Gasteiger partial charge in [0.15, 0.2) is 5.82 Å². The molecule has 1 amide bonds. The van der Waals surface area contributed by atoms with E-state index < -0.39 is 5.91 Å². The van der Waals surface area contributed by atoms with Gasteiger partial charge in [0.25, 0.3) is 5.91 Å². The third-order valence-corrected chi connectivity index (χ3v) is 5.19. The van der Waals surface area contributed by atoms with E-state index in [1.807, 2.05) is 24.3 Å². The minimum atomic E-state index is -0.726. The molecule has 2 heterocycles. The van der Waals surface area contributed by atoms with Crippen LogP contribution in [0.2, 0.25) is 0 Å². The van der Waals surface area contributed by atoms with Gasteiger partial charge in [-0.25, -0.2) is 10.5 Å². The summed E-state index contributed by atoms with van der Waals surface area (Å²) in [5, 5.41) is 8.88. The number of rotatable bonds is 6. The SMILES string of the molecule is COc1cc(C(=O)NO)nc(-c2ccc(-c3ccc(CN4CCOCC4)cc3)cc2)n1. The first-order chi connectivity index (χ1) is 15.2. The average Bonchev–Trinajstić information content (AvgIpc) is 2.84. The van der Waals surface area contributed by atoms with Crippen molar-refractivity contribution in [2.24, 2.45) is 0 Å². The summed E-state index contributed by atoms with van der Waals surface area (Å²) in [6, 6.07) is 17.7. The van der Waals surface area contributed by atoms with E-state index in [4.69, 9.17) is 14.7 Å². The first kappa shape index (κ1) is 20.9. The molecule has 31 heavy (non-hydrogen) atoms. The second kappa shape index (κ2) is 9.65. The number of morpholine rings is 1. The Kier molecular flexibility index (Phi) is 6.51. The number of methoxy groups -OCH3 is 1. The summed E-state index contributed by atoms with van der Waals surface area (Å²) in [6.07, 6.45) is 0. The lowest BCUT2D eigenvalue weighted by molar-refractivity contribution is 0.0342. The van der Waals surface area contributed by atoms with E-state index in [2.05, 4.69) is 39.1 Å². The predicted octanol–water partition coefficient (Wildman–Crippen LogP) is 2.77. The molecule has 0 spiro atoms. The number of nitrogens with one attached hydrogen (secondary N) is 1. The van der Waals surface area contributed by atoms with Crippen molar-refractivity contribution >= 4 is 5.91 Å². The maximum absolute atomic E-state index is 11.7. The van der Waals surface area contributed by atoms with Crippen molar-refractivity contribution in [2.45, 2.75) is 6.54 Å². The van der Waals surface area contributed by atoms with Gasteiger partial charge < -0.3 is 9.47 Å². The van der Waals surface area contributed by atoms with E-state index in [1.165, 1.54) is 18.7 Å². The zero-order valence-electron chi connectivity index (χ0n) is 17.2. The molecule has 1 fully saturated rings. The Morgan fingerprint density at radius 2 is 1.65 bits per heavy atom. The standard InChI is InChI=1S/C23H24N4O4/c1-30-21-14-20(23(28)26-29)24-22(25-21)19-8-6-18(7-9-19)17-4-2-16(3-5-17)15-27-10-12-31-13-11-27/h2-9,14,29H,10-13,15H2,1H3,(H,26,28). The summed E-state index contributed by atoms with van der Waals surface area (Å²) in [5.74, 6) is -0.148. The summed E-state index contributed by atoms with van der Waals surface area (Å²) < 4.78 is 10.6. The van der Waals surface area contributed by atoms with E-state index in [0.717, 1.165) is 49.5 Å². The molecule has 8 heteroatoms. The van der Waals surface area contributed by atoms with Gasteiger partial charge in [-0.05, 0) is 16.7 Å². The van der Waals surface area contributed by atoms with Gasteiger partial charge in [0.2, 0.25) is 5.88 Å². The van der Waals surface area contributed by atoms with Crippen LogP contribution in [0.3, 0.4) is 0 Å². The second-order valence-corrected chi connectivity index (χ2v) is 7.22. The quantitative estimate of drug-likeness (QED) is 0.468. The molecule has 0 unspecified atom stereocenters. The highest BCUT2D eigenvalue weighted by Gasteiger charge is 2.14. The predicted molar refractivity (Wildman–Crippen MR) is 115 cm³/mol. The van der Waals surface area contributed by atoms with Crippen LogP contribution in [0.15, 0.2) is 54.6 Å². The smallest absolute Gasteiger partial charge is 0.293 e. The van der Waals surface area contributed by atoms with Crippen molar-refractivity contribution in [2.75, 3.05) is 33.4 Å². The third kappa shape index (κ3) is 5.05. The monoisotopic (exact) mass is 420 g/mol. The largest absolute Gasteiger partial charge is 0.481 e. The molecule has 160 valence electrons. The molecule has 8 nitrogen and oxygen atoms in total. The number of amides is 1. The van der Waals surface area contributed by atoms with Crippen LogP contribution in [0, 0.1) is 0 Å². The summed E-state index contributed by atoms with van der Waals surface area (Å²) >= 11 is 0. The maximum atomic E-state index is 11.7. The van der Waals surface area contributed by atoms with Crippen molar-refractivity contribution < 1.29 is 19.5 Å². The van der Waals surface area contributed by atoms with E-state index in [9.17, 15) is 4.79 Å². The first-order valence-corrected chi connectivity index (χ1v) is 10.0. The van der Waals surface area contributed by atoms with E-state index in [-0.39, 0.29) is 11.6 Å². The number of carbonyl (C=O) groups excluding carboxylic acids is 1. The molecule has 1 aromatic heterocycles. The number of hydrogen-bond acceptors (Lipinski definition) is 7.